The lowest BCUT2D eigenvalue weighted by atomic mass is 9.89. The molecular formula is C28H32N6O5. The van der Waals surface area contributed by atoms with Crippen LogP contribution in [0, 0.1) is 10.1 Å². The molecule has 0 radical (unpaired) electrons. The van der Waals surface area contributed by atoms with Crippen molar-refractivity contribution in [3.63, 3.8) is 0 Å². The van der Waals surface area contributed by atoms with Crippen LogP contribution in [0.5, 0.6) is 17.2 Å². The molecule has 2 saturated heterocycles. The monoisotopic (exact) mass is 532 g/mol. The molecule has 3 aromatic rings. The first-order chi connectivity index (χ1) is 19.1. The summed E-state index contributed by atoms with van der Waals surface area (Å²) in [4.78, 5) is 27.2. The van der Waals surface area contributed by atoms with Crippen molar-refractivity contribution in [1.29, 1.82) is 0 Å². The molecule has 6 rings (SSSR count). The molecule has 39 heavy (non-hydrogen) atoms. The topological polar surface area (TPSA) is 106 Å². The summed E-state index contributed by atoms with van der Waals surface area (Å²) < 4.78 is 16.5. The summed E-state index contributed by atoms with van der Waals surface area (Å²) >= 11 is 0. The van der Waals surface area contributed by atoms with E-state index in [2.05, 4.69) is 27.0 Å². The molecule has 11 nitrogen and oxygen atoms in total. The van der Waals surface area contributed by atoms with E-state index in [0.29, 0.717) is 43.7 Å². The summed E-state index contributed by atoms with van der Waals surface area (Å²) in [6.45, 7) is 5.26. The fourth-order valence-corrected chi connectivity index (χ4v) is 5.81. The average molecular weight is 533 g/mol. The van der Waals surface area contributed by atoms with Crippen molar-refractivity contribution < 1.29 is 19.1 Å². The van der Waals surface area contributed by atoms with Crippen LogP contribution in [0.15, 0.2) is 48.8 Å². The van der Waals surface area contributed by atoms with Gasteiger partial charge in [0.2, 0.25) is 18.4 Å². The standard InChI is InChI=1S/C28H32N6O5/c1-37-23-5-3-2-4-22(23)21-8-10-32(11-9-21)27-26(34(35)36)28(30-18-29-27)33-14-12-31(13-15-33)17-20-6-7-24-25(16-20)39-19-38-24/h2-7,16,18,21H,8-15,17,19H2,1H3. The molecule has 0 unspecified atom stereocenters. The van der Waals surface area contributed by atoms with Crippen LogP contribution in [0.4, 0.5) is 17.3 Å². The zero-order valence-corrected chi connectivity index (χ0v) is 22.0. The summed E-state index contributed by atoms with van der Waals surface area (Å²) in [6.07, 6.45) is 3.20. The Morgan fingerprint density at radius 1 is 0.949 bits per heavy atom. The number of piperazine rings is 1. The Morgan fingerprint density at radius 2 is 1.64 bits per heavy atom. The number of aromatic nitrogens is 2. The number of hydrogen-bond acceptors (Lipinski definition) is 10. The number of nitrogens with zero attached hydrogens (tertiary/aromatic N) is 6. The van der Waals surface area contributed by atoms with E-state index in [4.69, 9.17) is 14.2 Å². The number of hydrogen-bond donors (Lipinski definition) is 0. The Hall–Kier alpha value is -4.12. The first-order valence-corrected chi connectivity index (χ1v) is 13.3. The van der Waals surface area contributed by atoms with Gasteiger partial charge in [0.25, 0.3) is 0 Å². The van der Waals surface area contributed by atoms with Gasteiger partial charge in [0, 0.05) is 45.8 Å². The molecule has 0 atom stereocenters. The molecule has 0 bridgehead atoms. The number of nitro groups is 1. The smallest absolute Gasteiger partial charge is 0.353 e. The zero-order chi connectivity index (χ0) is 26.8. The van der Waals surface area contributed by atoms with Gasteiger partial charge in [0.05, 0.1) is 12.0 Å². The minimum Gasteiger partial charge on any atom is -0.496 e. The average Bonchev–Trinajstić information content (AvgIpc) is 3.45. The third kappa shape index (κ3) is 5.14. The summed E-state index contributed by atoms with van der Waals surface area (Å²) in [5.74, 6) is 3.60. The third-order valence-electron chi connectivity index (χ3n) is 7.85. The highest BCUT2D eigenvalue weighted by Crippen LogP contribution is 2.39. The molecule has 3 aliphatic heterocycles. The molecule has 204 valence electrons. The van der Waals surface area contributed by atoms with Crippen molar-refractivity contribution in [1.82, 2.24) is 14.9 Å². The second-order valence-electron chi connectivity index (χ2n) is 10.1. The number of anilines is 2. The van der Waals surface area contributed by atoms with E-state index in [-0.39, 0.29) is 17.4 Å². The predicted octanol–water partition coefficient (Wildman–Crippen LogP) is 3.83. The van der Waals surface area contributed by atoms with Crippen molar-refractivity contribution in [3.05, 3.63) is 70.0 Å². The summed E-state index contributed by atoms with van der Waals surface area (Å²) in [6, 6.07) is 14.1. The van der Waals surface area contributed by atoms with Crippen molar-refractivity contribution in [2.75, 3.05) is 63.0 Å². The maximum absolute atomic E-state index is 12.3. The van der Waals surface area contributed by atoms with Gasteiger partial charge in [-0.1, -0.05) is 24.3 Å². The molecule has 0 spiro atoms. The number of rotatable bonds is 7. The fraction of sp³-hybridized carbons (Fsp3) is 0.429. The SMILES string of the molecule is COc1ccccc1C1CCN(c2ncnc(N3CCN(Cc4ccc5c(c4)OCO5)CC3)c2[N+](=O)[O-])CC1. The van der Waals surface area contributed by atoms with Crippen LogP contribution in [0.1, 0.15) is 29.9 Å². The molecule has 4 heterocycles. The van der Waals surface area contributed by atoms with Gasteiger partial charge < -0.3 is 24.0 Å². The normalized spacial score (nSPS) is 17.9. The minimum absolute atomic E-state index is 0.00235. The van der Waals surface area contributed by atoms with E-state index in [9.17, 15) is 10.1 Å². The molecule has 2 fully saturated rings. The molecule has 2 aromatic carbocycles. The molecule has 11 heteroatoms. The van der Waals surface area contributed by atoms with E-state index in [1.807, 2.05) is 40.1 Å². The summed E-state index contributed by atoms with van der Waals surface area (Å²) in [5, 5.41) is 12.3. The van der Waals surface area contributed by atoms with E-state index in [1.54, 1.807) is 7.11 Å². The van der Waals surface area contributed by atoms with Crippen LogP contribution in [-0.4, -0.2) is 73.0 Å². The van der Waals surface area contributed by atoms with Crippen LogP contribution in [-0.2, 0) is 6.54 Å². The zero-order valence-electron chi connectivity index (χ0n) is 22.0. The fourth-order valence-electron chi connectivity index (χ4n) is 5.81. The van der Waals surface area contributed by atoms with Crippen LogP contribution in [0.25, 0.3) is 0 Å². The van der Waals surface area contributed by atoms with Gasteiger partial charge in [0.1, 0.15) is 12.1 Å². The van der Waals surface area contributed by atoms with Gasteiger partial charge in [0.15, 0.2) is 11.5 Å². The van der Waals surface area contributed by atoms with Gasteiger partial charge in [-0.05, 0) is 48.1 Å². The van der Waals surface area contributed by atoms with Gasteiger partial charge in [-0.2, -0.15) is 0 Å². The molecule has 0 amide bonds. The molecule has 0 aliphatic carbocycles. The van der Waals surface area contributed by atoms with Crippen molar-refractivity contribution in [3.8, 4) is 17.2 Å². The molecular weight excluding hydrogens is 500 g/mol. The van der Waals surface area contributed by atoms with Crippen LogP contribution in [0.2, 0.25) is 0 Å². The highest BCUT2D eigenvalue weighted by atomic mass is 16.7. The van der Waals surface area contributed by atoms with E-state index >= 15 is 0 Å². The maximum Gasteiger partial charge on any atom is 0.353 e. The van der Waals surface area contributed by atoms with Gasteiger partial charge in [-0.15, -0.1) is 0 Å². The first-order valence-electron chi connectivity index (χ1n) is 13.3. The highest BCUT2D eigenvalue weighted by Gasteiger charge is 2.33. The quantitative estimate of drug-likeness (QED) is 0.329. The molecule has 0 N–H and O–H groups in total. The lowest BCUT2D eigenvalue weighted by Crippen LogP contribution is -2.46. The Morgan fingerprint density at radius 3 is 2.36 bits per heavy atom. The highest BCUT2D eigenvalue weighted by molar-refractivity contribution is 5.71. The van der Waals surface area contributed by atoms with Crippen molar-refractivity contribution >= 4 is 17.3 Å². The van der Waals surface area contributed by atoms with Crippen molar-refractivity contribution in [2.24, 2.45) is 0 Å². The molecule has 3 aliphatic rings. The second-order valence-corrected chi connectivity index (χ2v) is 10.1. The Labute approximate surface area is 227 Å². The van der Waals surface area contributed by atoms with E-state index < -0.39 is 0 Å². The Bertz CT molecular complexity index is 1340. The lowest BCUT2D eigenvalue weighted by Gasteiger charge is -2.36. The van der Waals surface area contributed by atoms with Crippen molar-refractivity contribution in [2.45, 2.75) is 25.3 Å². The Kier molecular flexibility index (Phi) is 7.06. The number of fused-ring (bicyclic) bond motifs is 1. The lowest BCUT2D eigenvalue weighted by molar-refractivity contribution is -0.383. The Balaban J connectivity index is 1.13. The number of methoxy groups -OCH3 is 1. The van der Waals surface area contributed by atoms with Crippen LogP contribution < -0.4 is 24.0 Å². The second kappa shape index (κ2) is 10.9. The predicted molar refractivity (Wildman–Crippen MR) is 146 cm³/mol. The van der Waals surface area contributed by atoms with Gasteiger partial charge in [-0.25, -0.2) is 9.97 Å². The number of ether oxygens (including phenoxy) is 3. The number of benzene rings is 2. The largest absolute Gasteiger partial charge is 0.496 e. The van der Waals surface area contributed by atoms with Crippen LogP contribution >= 0.6 is 0 Å². The first kappa shape index (κ1) is 25.2. The number of piperidine rings is 1. The third-order valence-corrected chi connectivity index (χ3v) is 7.85. The molecule has 0 saturated carbocycles. The number of para-hydroxylation sites is 1. The molecule has 1 aromatic heterocycles. The summed E-state index contributed by atoms with van der Waals surface area (Å²) in [5.41, 5.74) is 2.34. The van der Waals surface area contributed by atoms with Gasteiger partial charge >= 0.3 is 5.69 Å². The maximum atomic E-state index is 12.3. The van der Waals surface area contributed by atoms with Crippen LogP contribution in [0.3, 0.4) is 0 Å². The van der Waals surface area contributed by atoms with Gasteiger partial charge in [-0.3, -0.25) is 15.0 Å². The minimum atomic E-state index is -0.323. The summed E-state index contributed by atoms with van der Waals surface area (Å²) in [7, 11) is 1.69. The van der Waals surface area contributed by atoms with E-state index in [1.165, 1.54) is 11.9 Å². The van der Waals surface area contributed by atoms with E-state index in [0.717, 1.165) is 55.3 Å².